The largest absolute Gasteiger partial charge is 0.399 e. The predicted octanol–water partition coefficient (Wildman–Crippen LogP) is 2.41. The van der Waals surface area contributed by atoms with Gasteiger partial charge in [-0.2, -0.15) is 0 Å². The van der Waals surface area contributed by atoms with Crippen molar-refractivity contribution in [1.29, 1.82) is 0 Å². The van der Waals surface area contributed by atoms with Gasteiger partial charge in [0.15, 0.2) is 14.9 Å². The lowest BCUT2D eigenvalue weighted by Gasteiger charge is -2.15. The summed E-state index contributed by atoms with van der Waals surface area (Å²) in [6.45, 7) is 0. The van der Waals surface area contributed by atoms with Crippen LogP contribution in [0.5, 0.6) is 0 Å². The average molecular weight is 361 g/mol. The Hall–Kier alpha value is -2.12. The molecule has 1 heterocycles. The van der Waals surface area contributed by atoms with Gasteiger partial charge in [0.25, 0.3) is 0 Å². The average Bonchev–Trinajstić information content (AvgIpc) is 2.87. The van der Waals surface area contributed by atoms with E-state index in [0.29, 0.717) is 11.5 Å². The van der Waals surface area contributed by atoms with E-state index in [0.717, 1.165) is 22.5 Å². The molecule has 4 N–H and O–H groups in total. The second kappa shape index (κ2) is 6.78. The molecule has 0 spiro atoms. The monoisotopic (exact) mass is 361 g/mol. The minimum atomic E-state index is -2.91. The summed E-state index contributed by atoms with van der Waals surface area (Å²) < 4.78 is 22.9. The van der Waals surface area contributed by atoms with E-state index in [2.05, 4.69) is 10.6 Å². The molecule has 3 rings (SSSR count). The van der Waals surface area contributed by atoms with Crippen molar-refractivity contribution >= 4 is 38.5 Å². The van der Waals surface area contributed by atoms with Gasteiger partial charge in [-0.3, -0.25) is 0 Å². The third kappa shape index (κ3) is 4.24. The highest BCUT2D eigenvalue weighted by molar-refractivity contribution is 7.91. The van der Waals surface area contributed by atoms with E-state index < -0.39 is 9.84 Å². The third-order valence-corrected chi connectivity index (χ3v) is 5.94. The molecule has 1 aliphatic rings. The normalized spacial score (nSPS) is 18.9. The van der Waals surface area contributed by atoms with Crippen LogP contribution in [0.4, 0.5) is 11.4 Å². The van der Waals surface area contributed by atoms with Gasteiger partial charge in [0.1, 0.15) is 0 Å². The molecule has 0 aliphatic carbocycles. The van der Waals surface area contributed by atoms with E-state index in [4.69, 9.17) is 18.0 Å². The molecule has 5 nitrogen and oxygen atoms in total. The summed E-state index contributed by atoms with van der Waals surface area (Å²) in [6, 6.07) is 15.5. The van der Waals surface area contributed by atoms with Crippen LogP contribution in [0, 0.1) is 0 Å². The van der Waals surface area contributed by atoms with Crippen LogP contribution in [-0.4, -0.2) is 31.1 Å². The maximum atomic E-state index is 11.5. The summed E-state index contributed by atoms with van der Waals surface area (Å²) >= 11 is 5.26. The van der Waals surface area contributed by atoms with Gasteiger partial charge in [0.2, 0.25) is 0 Å². The number of hydrogen-bond acceptors (Lipinski definition) is 4. The highest BCUT2D eigenvalue weighted by Gasteiger charge is 2.28. The summed E-state index contributed by atoms with van der Waals surface area (Å²) in [4.78, 5) is 0. The number of nitrogen functional groups attached to an aromatic ring is 1. The lowest BCUT2D eigenvalue weighted by molar-refractivity contribution is 0.600. The molecule has 24 heavy (non-hydrogen) atoms. The SMILES string of the molecule is Nc1ccc(-c2ccc(NC(=S)NC3CCS(=O)(=O)C3)cc2)cc1. The number of nitrogens with two attached hydrogens (primary N) is 1. The van der Waals surface area contributed by atoms with Crippen LogP contribution in [-0.2, 0) is 9.84 Å². The number of hydrogen-bond donors (Lipinski definition) is 3. The fourth-order valence-corrected chi connectivity index (χ4v) is 4.64. The molecule has 1 atom stereocenters. The van der Waals surface area contributed by atoms with Crippen LogP contribution >= 0.6 is 12.2 Å². The Kier molecular flexibility index (Phi) is 4.73. The van der Waals surface area contributed by atoms with Gasteiger partial charge in [-0.15, -0.1) is 0 Å². The first-order chi connectivity index (χ1) is 11.4. The van der Waals surface area contributed by atoms with Crippen molar-refractivity contribution in [2.75, 3.05) is 22.6 Å². The number of anilines is 2. The van der Waals surface area contributed by atoms with Crippen LogP contribution in [0.1, 0.15) is 6.42 Å². The maximum Gasteiger partial charge on any atom is 0.171 e. The second-order valence-electron chi connectivity index (χ2n) is 5.90. The molecule has 0 bridgehead atoms. The van der Waals surface area contributed by atoms with Gasteiger partial charge in [-0.05, 0) is 54.0 Å². The quantitative estimate of drug-likeness (QED) is 0.575. The van der Waals surface area contributed by atoms with E-state index in [9.17, 15) is 8.42 Å². The molecule has 0 amide bonds. The Balaban J connectivity index is 1.60. The van der Waals surface area contributed by atoms with Gasteiger partial charge in [-0.1, -0.05) is 24.3 Å². The van der Waals surface area contributed by atoms with Gasteiger partial charge in [0.05, 0.1) is 11.5 Å². The van der Waals surface area contributed by atoms with E-state index in [-0.39, 0.29) is 17.5 Å². The van der Waals surface area contributed by atoms with Crippen molar-refractivity contribution in [3.8, 4) is 11.1 Å². The lowest BCUT2D eigenvalue weighted by atomic mass is 10.1. The van der Waals surface area contributed by atoms with Crippen molar-refractivity contribution in [2.45, 2.75) is 12.5 Å². The van der Waals surface area contributed by atoms with E-state index in [1.807, 2.05) is 48.5 Å². The van der Waals surface area contributed by atoms with E-state index in [1.165, 1.54) is 0 Å². The number of rotatable bonds is 3. The maximum absolute atomic E-state index is 11.5. The van der Waals surface area contributed by atoms with Crippen molar-refractivity contribution in [3.05, 3.63) is 48.5 Å². The molecule has 0 radical (unpaired) electrons. The first-order valence-electron chi connectivity index (χ1n) is 7.65. The van der Waals surface area contributed by atoms with Crippen molar-refractivity contribution in [1.82, 2.24) is 5.32 Å². The second-order valence-corrected chi connectivity index (χ2v) is 8.53. The van der Waals surface area contributed by atoms with E-state index >= 15 is 0 Å². The minimum absolute atomic E-state index is 0.107. The highest BCUT2D eigenvalue weighted by atomic mass is 32.2. The molecule has 2 aromatic carbocycles. The summed E-state index contributed by atoms with van der Waals surface area (Å²) in [5.41, 5.74) is 9.47. The zero-order valence-corrected chi connectivity index (χ0v) is 14.7. The van der Waals surface area contributed by atoms with Crippen LogP contribution in [0.3, 0.4) is 0 Å². The van der Waals surface area contributed by atoms with E-state index in [1.54, 1.807) is 0 Å². The van der Waals surface area contributed by atoms with Crippen LogP contribution in [0.25, 0.3) is 11.1 Å². The fourth-order valence-electron chi connectivity index (χ4n) is 2.68. The molecular formula is C17H19N3O2S2. The Morgan fingerprint density at radius 3 is 2.17 bits per heavy atom. The molecule has 0 aromatic heterocycles. The molecule has 1 saturated heterocycles. The molecule has 2 aromatic rings. The Bertz CT molecular complexity index is 831. The van der Waals surface area contributed by atoms with Crippen molar-refractivity contribution in [2.24, 2.45) is 0 Å². The highest BCUT2D eigenvalue weighted by Crippen LogP contribution is 2.22. The Morgan fingerprint density at radius 2 is 1.62 bits per heavy atom. The number of benzene rings is 2. The predicted molar refractivity (Wildman–Crippen MR) is 103 cm³/mol. The number of nitrogens with one attached hydrogen (secondary N) is 2. The van der Waals surface area contributed by atoms with Crippen molar-refractivity contribution in [3.63, 3.8) is 0 Å². The summed E-state index contributed by atoms with van der Waals surface area (Å²) in [5.74, 6) is 0.370. The Labute approximate surface area is 147 Å². The lowest BCUT2D eigenvalue weighted by Crippen LogP contribution is -2.38. The number of sulfone groups is 1. The zero-order chi connectivity index (χ0) is 17.2. The molecule has 7 heteroatoms. The van der Waals surface area contributed by atoms with Crippen LogP contribution in [0.15, 0.2) is 48.5 Å². The van der Waals surface area contributed by atoms with Crippen LogP contribution < -0.4 is 16.4 Å². The summed E-state index contributed by atoms with van der Waals surface area (Å²) in [7, 11) is -2.91. The topological polar surface area (TPSA) is 84.2 Å². The summed E-state index contributed by atoms with van der Waals surface area (Å²) in [6.07, 6.45) is 0.597. The third-order valence-electron chi connectivity index (χ3n) is 3.95. The Morgan fingerprint density at radius 1 is 1.04 bits per heavy atom. The zero-order valence-electron chi connectivity index (χ0n) is 13.0. The van der Waals surface area contributed by atoms with Gasteiger partial charge in [-0.25, -0.2) is 8.42 Å². The molecule has 1 aliphatic heterocycles. The summed E-state index contributed by atoms with van der Waals surface area (Å²) in [5, 5.41) is 6.59. The molecular weight excluding hydrogens is 342 g/mol. The first-order valence-corrected chi connectivity index (χ1v) is 9.88. The fraction of sp³-hybridized carbons (Fsp3) is 0.235. The van der Waals surface area contributed by atoms with Crippen molar-refractivity contribution < 1.29 is 8.42 Å². The molecule has 0 saturated carbocycles. The minimum Gasteiger partial charge on any atom is -0.399 e. The van der Waals surface area contributed by atoms with Gasteiger partial charge in [0, 0.05) is 17.4 Å². The van der Waals surface area contributed by atoms with Gasteiger partial charge < -0.3 is 16.4 Å². The van der Waals surface area contributed by atoms with Gasteiger partial charge >= 0.3 is 0 Å². The first kappa shape index (κ1) is 16.7. The standard InChI is InChI=1S/C17H19N3O2S2/c18-14-5-1-12(2-6-14)13-3-7-15(8-4-13)19-17(23)20-16-9-10-24(21,22)11-16/h1-8,16H,9-11,18H2,(H2,19,20,23). The molecule has 1 fully saturated rings. The number of thiocarbonyl (C=S) groups is 1. The molecule has 126 valence electrons. The smallest absolute Gasteiger partial charge is 0.171 e. The molecule has 1 unspecified atom stereocenters. The van der Waals surface area contributed by atoms with Crippen LogP contribution in [0.2, 0.25) is 0 Å².